The minimum Gasteiger partial charge on any atom is -0.495 e. The molecule has 1 N–H and O–H groups in total. The summed E-state index contributed by atoms with van der Waals surface area (Å²) in [5.41, 5.74) is 0.959. The Hall–Kier alpha value is -1.09. The molecule has 3 atom stereocenters. The van der Waals surface area contributed by atoms with E-state index in [1.54, 1.807) is 14.2 Å². The van der Waals surface area contributed by atoms with Crippen molar-refractivity contribution in [1.82, 2.24) is 0 Å². The number of anilines is 1. The van der Waals surface area contributed by atoms with Gasteiger partial charge < -0.3 is 14.8 Å². The van der Waals surface area contributed by atoms with E-state index in [4.69, 9.17) is 21.1 Å². The predicted octanol–water partition coefficient (Wildman–Crippen LogP) is 4.21. The second-order valence-corrected chi connectivity index (χ2v) is 6.41. The first-order chi connectivity index (χ1) is 9.71. The van der Waals surface area contributed by atoms with Crippen molar-refractivity contribution >= 4 is 17.3 Å². The van der Waals surface area contributed by atoms with Gasteiger partial charge in [-0.25, -0.2) is 0 Å². The first-order valence-electron chi connectivity index (χ1n) is 7.36. The molecule has 20 heavy (non-hydrogen) atoms. The number of halogens is 1. The number of benzene rings is 1. The Kier molecular flexibility index (Phi) is 3.97. The van der Waals surface area contributed by atoms with E-state index in [1.165, 1.54) is 25.7 Å². The van der Waals surface area contributed by atoms with E-state index in [1.807, 2.05) is 12.1 Å². The van der Waals surface area contributed by atoms with Crippen molar-refractivity contribution in [2.45, 2.75) is 25.7 Å². The summed E-state index contributed by atoms with van der Waals surface area (Å²) in [6, 6.07) is 3.73. The van der Waals surface area contributed by atoms with Crippen molar-refractivity contribution in [3.8, 4) is 11.5 Å². The van der Waals surface area contributed by atoms with Gasteiger partial charge in [-0.05, 0) is 43.1 Å². The molecule has 2 aliphatic rings. The average molecular weight is 296 g/mol. The van der Waals surface area contributed by atoms with Crippen LogP contribution in [0.5, 0.6) is 11.5 Å². The maximum Gasteiger partial charge on any atom is 0.145 e. The highest BCUT2D eigenvalue weighted by atomic mass is 35.5. The Labute approximate surface area is 125 Å². The summed E-state index contributed by atoms with van der Waals surface area (Å²) in [6.45, 7) is 1.01. The maximum absolute atomic E-state index is 6.20. The Morgan fingerprint density at radius 3 is 2.55 bits per heavy atom. The number of hydrogen-bond acceptors (Lipinski definition) is 3. The van der Waals surface area contributed by atoms with Crippen LogP contribution in [0.15, 0.2) is 12.1 Å². The van der Waals surface area contributed by atoms with Gasteiger partial charge in [0.1, 0.15) is 11.5 Å². The Morgan fingerprint density at radius 1 is 1.15 bits per heavy atom. The molecular weight excluding hydrogens is 274 g/mol. The highest BCUT2D eigenvalue weighted by molar-refractivity contribution is 6.32. The molecule has 0 aliphatic heterocycles. The van der Waals surface area contributed by atoms with Gasteiger partial charge in [-0.1, -0.05) is 18.0 Å². The van der Waals surface area contributed by atoms with Gasteiger partial charge in [-0.15, -0.1) is 0 Å². The zero-order valence-corrected chi connectivity index (χ0v) is 12.9. The third kappa shape index (κ3) is 2.56. The lowest BCUT2D eigenvalue weighted by atomic mass is 9.89. The molecule has 0 saturated heterocycles. The summed E-state index contributed by atoms with van der Waals surface area (Å²) >= 11 is 6.20. The van der Waals surface area contributed by atoms with E-state index in [0.717, 1.165) is 35.7 Å². The van der Waals surface area contributed by atoms with Crippen LogP contribution in [-0.2, 0) is 0 Å². The third-order valence-electron chi connectivity index (χ3n) is 4.91. The zero-order valence-electron chi connectivity index (χ0n) is 12.1. The molecule has 110 valence electrons. The van der Waals surface area contributed by atoms with E-state index in [0.29, 0.717) is 10.8 Å². The SMILES string of the molecule is COc1cc(OC)c(NCC2CC3CCC2C3)cc1Cl. The quantitative estimate of drug-likeness (QED) is 0.883. The van der Waals surface area contributed by atoms with Crippen LogP contribution in [0.2, 0.25) is 5.02 Å². The van der Waals surface area contributed by atoms with Crippen molar-refractivity contribution < 1.29 is 9.47 Å². The van der Waals surface area contributed by atoms with Crippen LogP contribution in [0.3, 0.4) is 0 Å². The molecule has 2 saturated carbocycles. The second kappa shape index (κ2) is 5.72. The van der Waals surface area contributed by atoms with Crippen LogP contribution in [0.4, 0.5) is 5.69 Å². The van der Waals surface area contributed by atoms with Crippen molar-refractivity contribution in [2.75, 3.05) is 26.1 Å². The molecule has 0 radical (unpaired) electrons. The number of rotatable bonds is 5. The summed E-state index contributed by atoms with van der Waals surface area (Å²) in [6.07, 6.45) is 5.67. The summed E-state index contributed by atoms with van der Waals surface area (Å²) in [7, 11) is 3.29. The van der Waals surface area contributed by atoms with Crippen LogP contribution < -0.4 is 14.8 Å². The normalized spacial score (nSPS) is 27.6. The highest BCUT2D eigenvalue weighted by Crippen LogP contribution is 2.48. The number of ether oxygens (including phenoxy) is 2. The van der Waals surface area contributed by atoms with Crippen LogP contribution in [0.1, 0.15) is 25.7 Å². The molecule has 4 heteroatoms. The first kappa shape index (κ1) is 13.9. The Balaban J connectivity index is 1.69. The van der Waals surface area contributed by atoms with Crippen molar-refractivity contribution in [1.29, 1.82) is 0 Å². The molecule has 0 amide bonds. The van der Waals surface area contributed by atoms with E-state index < -0.39 is 0 Å². The topological polar surface area (TPSA) is 30.5 Å². The molecular formula is C16H22ClNO2. The van der Waals surface area contributed by atoms with Crippen LogP contribution >= 0.6 is 11.6 Å². The van der Waals surface area contributed by atoms with Gasteiger partial charge in [0, 0.05) is 12.6 Å². The summed E-state index contributed by atoms with van der Waals surface area (Å²) in [5.74, 6) is 4.14. The zero-order chi connectivity index (χ0) is 14.1. The largest absolute Gasteiger partial charge is 0.495 e. The monoisotopic (exact) mass is 295 g/mol. The molecule has 2 aliphatic carbocycles. The minimum atomic E-state index is 0.615. The smallest absolute Gasteiger partial charge is 0.145 e. The number of nitrogens with one attached hydrogen (secondary N) is 1. The van der Waals surface area contributed by atoms with Gasteiger partial charge in [-0.2, -0.15) is 0 Å². The van der Waals surface area contributed by atoms with Crippen molar-refractivity contribution in [3.63, 3.8) is 0 Å². The second-order valence-electron chi connectivity index (χ2n) is 6.00. The fraction of sp³-hybridized carbons (Fsp3) is 0.625. The number of fused-ring (bicyclic) bond motifs is 2. The van der Waals surface area contributed by atoms with Gasteiger partial charge in [0.2, 0.25) is 0 Å². The van der Waals surface area contributed by atoms with Crippen LogP contribution in [0.25, 0.3) is 0 Å². The van der Waals surface area contributed by atoms with Gasteiger partial charge in [0.15, 0.2) is 0 Å². The average Bonchev–Trinajstić information content (AvgIpc) is 3.07. The van der Waals surface area contributed by atoms with Crippen molar-refractivity contribution in [3.05, 3.63) is 17.2 Å². The van der Waals surface area contributed by atoms with E-state index >= 15 is 0 Å². The van der Waals surface area contributed by atoms with E-state index in [-0.39, 0.29) is 0 Å². The Morgan fingerprint density at radius 2 is 1.95 bits per heavy atom. The van der Waals surface area contributed by atoms with Crippen LogP contribution in [0, 0.1) is 17.8 Å². The predicted molar refractivity (Wildman–Crippen MR) is 82.0 cm³/mol. The molecule has 3 rings (SSSR count). The van der Waals surface area contributed by atoms with Crippen molar-refractivity contribution in [2.24, 2.45) is 17.8 Å². The highest BCUT2D eigenvalue weighted by Gasteiger charge is 2.39. The lowest BCUT2D eigenvalue weighted by molar-refractivity contribution is 0.347. The fourth-order valence-electron chi connectivity index (χ4n) is 3.87. The molecule has 0 aromatic heterocycles. The molecule has 2 fully saturated rings. The lowest BCUT2D eigenvalue weighted by Crippen LogP contribution is -2.20. The van der Waals surface area contributed by atoms with Gasteiger partial charge in [0.25, 0.3) is 0 Å². The first-order valence-corrected chi connectivity index (χ1v) is 7.74. The Bertz CT molecular complexity index is 492. The minimum absolute atomic E-state index is 0.615. The maximum atomic E-state index is 6.20. The molecule has 0 heterocycles. The summed E-state index contributed by atoms with van der Waals surface area (Å²) in [4.78, 5) is 0. The van der Waals surface area contributed by atoms with Gasteiger partial charge >= 0.3 is 0 Å². The third-order valence-corrected chi connectivity index (χ3v) is 5.21. The molecule has 3 unspecified atom stereocenters. The lowest BCUT2D eigenvalue weighted by Gasteiger charge is -2.23. The van der Waals surface area contributed by atoms with Gasteiger partial charge in [0.05, 0.1) is 24.9 Å². The molecule has 1 aromatic rings. The molecule has 3 nitrogen and oxygen atoms in total. The van der Waals surface area contributed by atoms with Crippen LogP contribution in [-0.4, -0.2) is 20.8 Å². The number of methoxy groups -OCH3 is 2. The summed E-state index contributed by atoms with van der Waals surface area (Å²) in [5, 5.41) is 4.13. The van der Waals surface area contributed by atoms with E-state index in [9.17, 15) is 0 Å². The number of hydrogen-bond donors (Lipinski definition) is 1. The molecule has 0 spiro atoms. The fourth-order valence-corrected chi connectivity index (χ4v) is 4.11. The van der Waals surface area contributed by atoms with E-state index in [2.05, 4.69) is 5.32 Å². The molecule has 1 aromatic carbocycles. The summed E-state index contributed by atoms with van der Waals surface area (Å²) < 4.78 is 10.6. The molecule has 2 bridgehead atoms. The standard InChI is InChI=1S/C16H22ClNO2/c1-19-15-8-16(20-2)14(7-13(15)17)18-9-12-6-10-3-4-11(12)5-10/h7-8,10-12,18H,3-6,9H2,1-2H3. The van der Waals surface area contributed by atoms with Gasteiger partial charge in [-0.3, -0.25) is 0 Å².